The Balaban J connectivity index is 1.52. The third-order valence-electron chi connectivity index (χ3n) is 5.19. The normalized spacial score (nSPS) is 12.4. The molecule has 168 valence electrons. The van der Waals surface area contributed by atoms with Crippen LogP contribution in [0.4, 0.5) is 5.13 Å². The Morgan fingerprint density at radius 2 is 1.97 bits per heavy atom. The number of aromatic amines is 1. The number of aliphatic hydroxyl groups is 1. The average Bonchev–Trinajstić information content (AvgIpc) is 3.35. The van der Waals surface area contributed by atoms with Crippen LogP contribution in [0.25, 0.3) is 21.7 Å². The number of hydrogen-bond donors (Lipinski definition) is 3. The summed E-state index contributed by atoms with van der Waals surface area (Å²) in [6, 6.07) is 9.58. The molecule has 0 spiro atoms. The summed E-state index contributed by atoms with van der Waals surface area (Å²) in [6.45, 7) is 8.49. The summed E-state index contributed by atoms with van der Waals surface area (Å²) < 4.78 is 7.14. The number of pyridine rings is 1. The number of imidazole rings is 1. The van der Waals surface area contributed by atoms with E-state index in [1.807, 2.05) is 37.3 Å². The van der Waals surface area contributed by atoms with E-state index in [2.05, 4.69) is 46.0 Å². The lowest BCUT2D eigenvalue weighted by molar-refractivity contribution is 0.259. The molecular weight excluding hydrogens is 422 g/mol. The van der Waals surface area contributed by atoms with Gasteiger partial charge in [-0.15, -0.1) is 0 Å². The molecule has 0 bridgehead atoms. The maximum absolute atomic E-state index is 9.64. The molecule has 0 amide bonds. The Morgan fingerprint density at radius 3 is 2.69 bits per heavy atom. The standard InChI is InChI=1S/C24H29N5O2S/c1-5-19-15(4)26-23(28-19)21-11-18(8-9-25-21)31-17-6-7-20-22(12-17)32-24(29-20)27-16(13-30)10-14(2)3/h6-9,11-12,14,16,30H,5,10,13H2,1-4H3,(H,26,28)(H,27,29). The van der Waals surface area contributed by atoms with E-state index < -0.39 is 0 Å². The van der Waals surface area contributed by atoms with Gasteiger partial charge in [0.2, 0.25) is 0 Å². The number of hydrogen-bond acceptors (Lipinski definition) is 7. The van der Waals surface area contributed by atoms with E-state index in [9.17, 15) is 5.11 Å². The summed E-state index contributed by atoms with van der Waals surface area (Å²) in [7, 11) is 0. The van der Waals surface area contributed by atoms with Gasteiger partial charge in [-0.3, -0.25) is 4.98 Å². The number of nitrogens with one attached hydrogen (secondary N) is 2. The van der Waals surface area contributed by atoms with Gasteiger partial charge in [-0.2, -0.15) is 0 Å². The highest BCUT2D eigenvalue weighted by atomic mass is 32.1. The Kier molecular flexibility index (Phi) is 6.72. The molecule has 0 radical (unpaired) electrons. The number of rotatable bonds is 9. The van der Waals surface area contributed by atoms with Crippen molar-refractivity contribution in [2.75, 3.05) is 11.9 Å². The van der Waals surface area contributed by atoms with Crippen molar-refractivity contribution in [3.8, 4) is 23.0 Å². The predicted octanol–water partition coefficient (Wildman–Crippen LogP) is 5.56. The molecule has 4 rings (SSSR count). The summed E-state index contributed by atoms with van der Waals surface area (Å²) in [6.07, 6.45) is 3.49. The van der Waals surface area contributed by atoms with Gasteiger partial charge in [0.15, 0.2) is 11.0 Å². The van der Waals surface area contributed by atoms with Crippen LogP contribution in [0, 0.1) is 12.8 Å². The van der Waals surface area contributed by atoms with Crippen molar-refractivity contribution in [1.82, 2.24) is 19.9 Å². The van der Waals surface area contributed by atoms with E-state index in [-0.39, 0.29) is 12.6 Å². The van der Waals surface area contributed by atoms with Crippen LogP contribution in [0.2, 0.25) is 0 Å². The molecule has 8 heteroatoms. The molecule has 1 unspecified atom stereocenters. The van der Waals surface area contributed by atoms with Crippen LogP contribution in [0.15, 0.2) is 36.5 Å². The number of H-pyrrole nitrogens is 1. The first-order valence-electron chi connectivity index (χ1n) is 10.9. The Morgan fingerprint density at radius 1 is 1.16 bits per heavy atom. The zero-order chi connectivity index (χ0) is 22.7. The second-order valence-corrected chi connectivity index (χ2v) is 9.32. The largest absolute Gasteiger partial charge is 0.457 e. The number of anilines is 1. The highest BCUT2D eigenvalue weighted by Gasteiger charge is 2.14. The minimum Gasteiger partial charge on any atom is -0.457 e. The van der Waals surface area contributed by atoms with E-state index >= 15 is 0 Å². The van der Waals surface area contributed by atoms with Gasteiger partial charge in [0, 0.05) is 24.0 Å². The zero-order valence-electron chi connectivity index (χ0n) is 18.8. The van der Waals surface area contributed by atoms with Crippen molar-refractivity contribution in [3.05, 3.63) is 47.9 Å². The van der Waals surface area contributed by atoms with E-state index in [0.29, 0.717) is 11.7 Å². The van der Waals surface area contributed by atoms with Gasteiger partial charge in [-0.1, -0.05) is 32.1 Å². The van der Waals surface area contributed by atoms with Crippen LogP contribution >= 0.6 is 11.3 Å². The fraction of sp³-hybridized carbons (Fsp3) is 0.375. The molecule has 0 fully saturated rings. The Hall–Kier alpha value is -2.97. The monoisotopic (exact) mass is 451 g/mol. The maximum Gasteiger partial charge on any atom is 0.184 e. The third kappa shape index (κ3) is 5.08. The van der Waals surface area contributed by atoms with Gasteiger partial charge >= 0.3 is 0 Å². The molecule has 32 heavy (non-hydrogen) atoms. The molecule has 3 N–H and O–H groups in total. The predicted molar refractivity (Wildman–Crippen MR) is 130 cm³/mol. The first-order chi connectivity index (χ1) is 15.4. The molecule has 0 saturated carbocycles. The maximum atomic E-state index is 9.64. The number of thiazole rings is 1. The molecule has 0 aliphatic carbocycles. The fourth-order valence-corrected chi connectivity index (χ4v) is 4.63. The van der Waals surface area contributed by atoms with Crippen LogP contribution in [-0.2, 0) is 6.42 Å². The van der Waals surface area contributed by atoms with Crippen molar-refractivity contribution in [2.45, 2.75) is 46.6 Å². The molecule has 1 atom stereocenters. The van der Waals surface area contributed by atoms with Crippen LogP contribution < -0.4 is 10.1 Å². The van der Waals surface area contributed by atoms with Crippen molar-refractivity contribution in [2.24, 2.45) is 5.92 Å². The highest BCUT2D eigenvalue weighted by molar-refractivity contribution is 7.22. The van der Waals surface area contributed by atoms with Gasteiger partial charge < -0.3 is 20.1 Å². The zero-order valence-corrected chi connectivity index (χ0v) is 19.7. The highest BCUT2D eigenvalue weighted by Crippen LogP contribution is 2.32. The lowest BCUT2D eigenvalue weighted by Gasteiger charge is -2.17. The van der Waals surface area contributed by atoms with E-state index in [1.165, 1.54) is 0 Å². The summed E-state index contributed by atoms with van der Waals surface area (Å²) in [5.74, 6) is 2.67. The van der Waals surface area contributed by atoms with Gasteiger partial charge in [0.05, 0.1) is 28.6 Å². The van der Waals surface area contributed by atoms with E-state index in [1.54, 1.807) is 17.5 Å². The number of ether oxygens (including phenoxy) is 1. The fourth-order valence-electron chi connectivity index (χ4n) is 3.66. The lowest BCUT2D eigenvalue weighted by Crippen LogP contribution is -2.25. The van der Waals surface area contributed by atoms with Crippen LogP contribution in [0.1, 0.15) is 38.6 Å². The minimum absolute atomic E-state index is 0.0000147. The first-order valence-corrected chi connectivity index (χ1v) is 11.7. The third-order valence-corrected chi connectivity index (χ3v) is 6.14. The second-order valence-electron chi connectivity index (χ2n) is 8.29. The summed E-state index contributed by atoms with van der Waals surface area (Å²) >= 11 is 1.56. The van der Waals surface area contributed by atoms with Crippen molar-refractivity contribution < 1.29 is 9.84 Å². The number of fused-ring (bicyclic) bond motifs is 1. The molecular formula is C24H29N5O2S. The number of nitrogens with zero attached hydrogens (tertiary/aromatic N) is 3. The van der Waals surface area contributed by atoms with Gasteiger partial charge in [0.1, 0.15) is 17.2 Å². The molecule has 7 nitrogen and oxygen atoms in total. The minimum atomic E-state index is -0.0000147. The molecule has 0 saturated heterocycles. The molecule has 3 heterocycles. The second kappa shape index (κ2) is 9.67. The van der Waals surface area contributed by atoms with Crippen molar-refractivity contribution in [1.29, 1.82) is 0 Å². The van der Waals surface area contributed by atoms with Gasteiger partial charge in [-0.25, -0.2) is 9.97 Å². The molecule has 4 aromatic rings. The molecule has 0 aliphatic heterocycles. The number of benzene rings is 1. The van der Waals surface area contributed by atoms with Crippen LogP contribution in [-0.4, -0.2) is 37.7 Å². The van der Waals surface area contributed by atoms with Crippen molar-refractivity contribution in [3.63, 3.8) is 0 Å². The quantitative estimate of drug-likeness (QED) is 0.308. The molecule has 0 aliphatic rings. The Labute approximate surface area is 191 Å². The summed E-state index contributed by atoms with van der Waals surface area (Å²) in [4.78, 5) is 17.0. The lowest BCUT2D eigenvalue weighted by atomic mass is 10.0. The van der Waals surface area contributed by atoms with Crippen LogP contribution in [0.3, 0.4) is 0 Å². The topological polar surface area (TPSA) is 96.0 Å². The summed E-state index contributed by atoms with van der Waals surface area (Å²) in [5, 5.41) is 13.8. The smallest absolute Gasteiger partial charge is 0.184 e. The van der Waals surface area contributed by atoms with E-state index in [0.717, 1.165) is 56.8 Å². The van der Waals surface area contributed by atoms with Crippen molar-refractivity contribution >= 4 is 26.7 Å². The number of aryl methyl sites for hydroxylation is 2. The molecule has 1 aromatic carbocycles. The average molecular weight is 452 g/mol. The number of aromatic nitrogens is 4. The molecule has 3 aromatic heterocycles. The van der Waals surface area contributed by atoms with Gasteiger partial charge in [0.25, 0.3) is 0 Å². The van der Waals surface area contributed by atoms with Gasteiger partial charge in [-0.05, 0) is 43.9 Å². The number of aliphatic hydroxyl groups excluding tert-OH is 1. The van der Waals surface area contributed by atoms with Crippen LogP contribution in [0.5, 0.6) is 11.5 Å². The SMILES string of the molecule is CCc1nc(-c2cc(Oc3ccc4nc(NC(CO)CC(C)C)sc4c3)ccn2)[nH]c1C. The van der Waals surface area contributed by atoms with E-state index in [4.69, 9.17) is 4.74 Å². The summed E-state index contributed by atoms with van der Waals surface area (Å²) in [5.41, 5.74) is 3.76. The Bertz CT molecular complexity index is 1200. The first kappa shape index (κ1) is 22.2.